The second-order valence-electron chi connectivity index (χ2n) is 13.3. The summed E-state index contributed by atoms with van der Waals surface area (Å²) >= 11 is 0. The Labute approximate surface area is 224 Å². The van der Waals surface area contributed by atoms with Crippen LogP contribution in [0.25, 0.3) is 33.9 Å². The second-order valence-corrected chi connectivity index (χ2v) is 13.3. The fourth-order valence-electron chi connectivity index (χ4n) is 6.32. The normalized spacial score (nSPS) is 14.6. The SMILES string of the molecule is CC(C)=c1cc2c(c(C3=C(c4c(C)cccc4C)C=CC3)c1C(C)(C)C)=Cc1cc(C(C)(C)C)ccc1-2. The molecule has 0 heteroatoms. The Hall–Kier alpha value is -3.12. The van der Waals surface area contributed by atoms with Gasteiger partial charge < -0.3 is 0 Å². The lowest BCUT2D eigenvalue weighted by Crippen LogP contribution is -2.31. The summed E-state index contributed by atoms with van der Waals surface area (Å²) < 4.78 is 0. The molecule has 3 aromatic carbocycles. The molecular formula is C37H42. The highest BCUT2D eigenvalue weighted by molar-refractivity contribution is 6.02. The molecule has 0 N–H and O–H groups in total. The molecule has 2 aliphatic carbocycles. The Bertz CT molecular complexity index is 1590. The topological polar surface area (TPSA) is 0 Å². The highest BCUT2D eigenvalue weighted by atomic mass is 14.3. The number of aryl methyl sites for hydroxylation is 2. The molecule has 0 aromatic heterocycles. The van der Waals surface area contributed by atoms with Crippen molar-refractivity contribution in [2.45, 2.75) is 86.5 Å². The van der Waals surface area contributed by atoms with E-state index in [1.54, 1.807) is 0 Å². The maximum absolute atomic E-state index is 2.48. The van der Waals surface area contributed by atoms with E-state index in [0.29, 0.717) is 0 Å². The number of hydrogen-bond acceptors (Lipinski definition) is 0. The predicted octanol–water partition coefficient (Wildman–Crippen LogP) is 8.77. The predicted molar refractivity (Wildman–Crippen MR) is 163 cm³/mol. The minimum absolute atomic E-state index is 0.0115. The third-order valence-electron chi connectivity index (χ3n) is 8.15. The molecule has 0 bridgehead atoms. The summed E-state index contributed by atoms with van der Waals surface area (Å²) in [5.41, 5.74) is 16.9. The van der Waals surface area contributed by atoms with E-state index >= 15 is 0 Å². The maximum Gasteiger partial charge on any atom is -0.00817 e. The summed E-state index contributed by atoms with van der Waals surface area (Å²) in [7, 11) is 0. The van der Waals surface area contributed by atoms with E-state index < -0.39 is 0 Å². The number of rotatable bonds is 2. The van der Waals surface area contributed by atoms with Crippen molar-refractivity contribution in [2.75, 3.05) is 0 Å². The quantitative estimate of drug-likeness (QED) is 0.266. The fraction of sp³-hybridized carbons (Fsp3) is 0.351. The van der Waals surface area contributed by atoms with Crippen LogP contribution in [0.4, 0.5) is 0 Å². The van der Waals surface area contributed by atoms with Gasteiger partial charge in [0.25, 0.3) is 0 Å². The number of fused-ring (bicyclic) bond motifs is 3. The maximum atomic E-state index is 2.48. The summed E-state index contributed by atoms with van der Waals surface area (Å²) in [4.78, 5) is 0. The van der Waals surface area contributed by atoms with Crippen LogP contribution in [0.3, 0.4) is 0 Å². The summed E-state index contributed by atoms with van der Waals surface area (Å²) in [5, 5.41) is 2.81. The van der Waals surface area contributed by atoms with Gasteiger partial charge in [-0.3, -0.25) is 0 Å². The van der Waals surface area contributed by atoms with Crippen molar-refractivity contribution in [3.63, 3.8) is 0 Å². The standard InChI is InChI=1S/C37H42/c1-22(2)30-21-31-27-18-17-26(36(5,6)7)19-25(27)20-32(31)34(35(30)37(8,9)10)29-16-12-15-28(29)33-23(3)13-11-14-24(33)4/h11-15,17-21H,16H2,1-10H3. The Kier molecular flexibility index (Phi) is 6.02. The fourth-order valence-corrected chi connectivity index (χ4v) is 6.32. The van der Waals surface area contributed by atoms with Crippen LogP contribution in [0.15, 0.2) is 54.6 Å². The van der Waals surface area contributed by atoms with E-state index in [4.69, 9.17) is 0 Å². The van der Waals surface area contributed by atoms with E-state index in [1.807, 2.05) is 0 Å². The average Bonchev–Trinajstić information content (AvgIpc) is 3.40. The van der Waals surface area contributed by atoms with E-state index in [-0.39, 0.29) is 10.8 Å². The van der Waals surface area contributed by atoms with Crippen molar-refractivity contribution in [1.82, 2.24) is 0 Å². The molecule has 0 saturated heterocycles. The Morgan fingerprint density at radius 2 is 1.43 bits per heavy atom. The van der Waals surface area contributed by atoms with Crippen molar-refractivity contribution in [1.29, 1.82) is 0 Å². The lowest BCUT2D eigenvalue weighted by Gasteiger charge is -2.27. The summed E-state index contributed by atoms with van der Waals surface area (Å²) in [5.74, 6) is 0. The third kappa shape index (κ3) is 4.25. The van der Waals surface area contributed by atoms with Gasteiger partial charge in [-0.15, -0.1) is 0 Å². The summed E-state index contributed by atoms with van der Waals surface area (Å²) in [6.45, 7) is 23.1. The Morgan fingerprint density at radius 1 is 0.757 bits per heavy atom. The first-order valence-corrected chi connectivity index (χ1v) is 13.8. The largest absolute Gasteiger partial charge is 0.0795 e. The van der Waals surface area contributed by atoms with Crippen molar-refractivity contribution < 1.29 is 0 Å². The molecule has 37 heavy (non-hydrogen) atoms. The molecule has 2 aliphatic rings. The zero-order chi connectivity index (χ0) is 26.9. The van der Waals surface area contributed by atoms with Gasteiger partial charge in [0.1, 0.15) is 0 Å². The Morgan fingerprint density at radius 3 is 2.03 bits per heavy atom. The summed E-state index contributed by atoms with van der Waals surface area (Å²) in [6, 6.07) is 16.3. The molecule has 0 heterocycles. The third-order valence-corrected chi connectivity index (χ3v) is 8.15. The second kappa shape index (κ2) is 8.73. The first-order chi connectivity index (χ1) is 17.3. The first kappa shape index (κ1) is 25.5. The van der Waals surface area contributed by atoms with Crippen molar-refractivity contribution in [3.05, 3.63) is 104 Å². The highest BCUT2D eigenvalue weighted by Gasteiger charge is 2.29. The van der Waals surface area contributed by atoms with E-state index in [9.17, 15) is 0 Å². The van der Waals surface area contributed by atoms with Crippen LogP contribution in [-0.2, 0) is 10.8 Å². The monoisotopic (exact) mass is 486 g/mol. The average molecular weight is 487 g/mol. The van der Waals surface area contributed by atoms with Gasteiger partial charge in [-0.05, 0) is 129 Å². The van der Waals surface area contributed by atoms with Crippen molar-refractivity contribution >= 4 is 22.8 Å². The van der Waals surface area contributed by atoms with Crippen LogP contribution in [0.5, 0.6) is 0 Å². The van der Waals surface area contributed by atoms with E-state index in [0.717, 1.165) is 6.42 Å². The Balaban J connectivity index is 1.95. The van der Waals surface area contributed by atoms with Crippen molar-refractivity contribution in [2.24, 2.45) is 0 Å². The zero-order valence-corrected chi connectivity index (χ0v) is 24.5. The van der Waals surface area contributed by atoms with Crippen LogP contribution >= 0.6 is 0 Å². The molecule has 190 valence electrons. The van der Waals surface area contributed by atoms with Gasteiger partial charge in [0.05, 0.1) is 0 Å². The number of hydrogen-bond donors (Lipinski definition) is 0. The lowest BCUT2D eigenvalue weighted by atomic mass is 9.76. The molecule has 0 atom stereocenters. The van der Waals surface area contributed by atoms with Crippen LogP contribution in [-0.4, -0.2) is 0 Å². The van der Waals surface area contributed by atoms with Gasteiger partial charge in [-0.1, -0.05) is 95.7 Å². The zero-order valence-electron chi connectivity index (χ0n) is 24.5. The van der Waals surface area contributed by atoms with Gasteiger partial charge in [0.2, 0.25) is 0 Å². The molecule has 0 fully saturated rings. The molecule has 3 aromatic rings. The molecule has 5 rings (SSSR count). The number of allylic oxidation sites excluding steroid dienone is 4. The van der Waals surface area contributed by atoms with Crippen LogP contribution in [0.2, 0.25) is 0 Å². The number of benzene rings is 3. The van der Waals surface area contributed by atoms with Gasteiger partial charge in [0.15, 0.2) is 0 Å². The molecule has 0 radical (unpaired) electrons. The highest BCUT2D eigenvalue weighted by Crippen LogP contribution is 2.41. The molecule has 0 nitrogen and oxygen atoms in total. The van der Waals surface area contributed by atoms with Gasteiger partial charge in [-0.25, -0.2) is 0 Å². The van der Waals surface area contributed by atoms with Gasteiger partial charge in [-0.2, -0.15) is 0 Å². The molecule has 0 unspecified atom stereocenters. The minimum Gasteiger partial charge on any atom is -0.0795 e. The molecular weight excluding hydrogens is 444 g/mol. The minimum atomic E-state index is 0.0115. The van der Waals surface area contributed by atoms with Gasteiger partial charge in [0, 0.05) is 0 Å². The van der Waals surface area contributed by atoms with Gasteiger partial charge >= 0.3 is 0 Å². The molecule has 0 amide bonds. The first-order valence-electron chi connectivity index (χ1n) is 13.8. The van der Waals surface area contributed by atoms with E-state index in [1.165, 1.54) is 77.2 Å². The lowest BCUT2D eigenvalue weighted by molar-refractivity contribution is 0.583. The van der Waals surface area contributed by atoms with E-state index in [2.05, 4.69) is 130 Å². The van der Waals surface area contributed by atoms with Crippen LogP contribution in [0.1, 0.15) is 101 Å². The van der Waals surface area contributed by atoms with Crippen LogP contribution < -0.4 is 10.4 Å². The molecule has 0 saturated carbocycles. The molecule has 0 aliphatic heterocycles. The van der Waals surface area contributed by atoms with Crippen LogP contribution in [0, 0.1) is 13.8 Å². The molecule has 0 spiro atoms. The van der Waals surface area contributed by atoms with Crippen molar-refractivity contribution in [3.8, 4) is 11.1 Å². The summed E-state index contributed by atoms with van der Waals surface area (Å²) in [6.07, 6.45) is 8.19. The smallest absolute Gasteiger partial charge is 0.00817 e.